The summed E-state index contributed by atoms with van der Waals surface area (Å²) < 4.78 is 0. The van der Waals surface area contributed by atoms with Gasteiger partial charge < -0.3 is 10.2 Å². The van der Waals surface area contributed by atoms with E-state index in [2.05, 4.69) is 33.8 Å². The van der Waals surface area contributed by atoms with Gasteiger partial charge in [-0.05, 0) is 62.2 Å². The zero-order valence-corrected chi connectivity index (χ0v) is 15.3. The zero-order chi connectivity index (χ0) is 17.3. The van der Waals surface area contributed by atoms with E-state index in [1.165, 1.54) is 5.57 Å². The van der Waals surface area contributed by atoms with Gasteiger partial charge in [-0.15, -0.1) is 0 Å². The molecule has 0 heterocycles. The molecule has 0 amide bonds. The molecule has 2 aliphatic rings. The van der Waals surface area contributed by atoms with Crippen LogP contribution in [-0.4, -0.2) is 22.8 Å². The quantitative estimate of drug-likeness (QED) is 0.700. The molecule has 1 saturated carbocycles. The topological polar surface area (TPSA) is 57.5 Å². The number of aliphatic carboxylic acids is 1. The fraction of sp³-hybridized carbons (Fsp3) is 0.850. The minimum absolute atomic E-state index is 0.100. The molecule has 132 valence electrons. The van der Waals surface area contributed by atoms with Crippen molar-refractivity contribution in [3.63, 3.8) is 0 Å². The maximum Gasteiger partial charge on any atom is 0.310 e. The molecule has 3 heteroatoms. The van der Waals surface area contributed by atoms with Crippen molar-refractivity contribution >= 4 is 5.97 Å². The zero-order valence-electron chi connectivity index (χ0n) is 15.3. The van der Waals surface area contributed by atoms with Crippen LogP contribution in [0.5, 0.6) is 0 Å². The van der Waals surface area contributed by atoms with Crippen LogP contribution in [0.1, 0.15) is 72.6 Å². The molecule has 0 aromatic carbocycles. The summed E-state index contributed by atoms with van der Waals surface area (Å²) in [5.41, 5.74) is 0.792. The van der Waals surface area contributed by atoms with E-state index in [-0.39, 0.29) is 23.9 Å². The highest BCUT2D eigenvalue weighted by Gasteiger charge is 2.59. The number of fused-ring (bicyclic) bond motifs is 1. The van der Waals surface area contributed by atoms with Crippen LogP contribution in [-0.2, 0) is 4.79 Å². The predicted molar refractivity (Wildman–Crippen MR) is 93.2 cm³/mol. The van der Waals surface area contributed by atoms with Crippen LogP contribution in [0.15, 0.2) is 11.6 Å². The van der Waals surface area contributed by atoms with Gasteiger partial charge in [-0.1, -0.05) is 45.3 Å². The molecular formula is C20H34O3. The SMILES string of the molecule is CC1=CC[C@H]2C(C)(C)CCC[C@]2(C(=O)O)[C@H]1CC[C@H](C)CCO. The van der Waals surface area contributed by atoms with Gasteiger partial charge in [-0.25, -0.2) is 0 Å². The van der Waals surface area contributed by atoms with Crippen molar-refractivity contribution in [1.82, 2.24) is 0 Å². The smallest absolute Gasteiger partial charge is 0.310 e. The molecule has 0 aliphatic heterocycles. The van der Waals surface area contributed by atoms with Crippen molar-refractivity contribution in [2.75, 3.05) is 6.61 Å². The first-order valence-electron chi connectivity index (χ1n) is 9.26. The Labute approximate surface area is 141 Å². The molecule has 0 spiro atoms. The van der Waals surface area contributed by atoms with Crippen LogP contribution in [0.3, 0.4) is 0 Å². The second-order valence-corrected chi connectivity index (χ2v) is 8.67. The Bertz CT molecular complexity index is 466. The van der Waals surface area contributed by atoms with E-state index < -0.39 is 11.4 Å². The molecule has 0 aromatic heterocycles. The molecule has 1 fully saturated rings. The molecule has 0 radical (unpaired) electrons. The average molecular weight is 322 g/mol. The van der Waals surface area contributed by atoms with Crippen molar-refractivity contribution in [2.45, 2.75) is 72.6 Å². The van der Waals surface area contributed by atoms with E-state index in [9.17, 15) is 9.90 Å². The van der Waals surface area contributed by atoms with Gasteiger partial charge >= 0.3 is 5.97 Å². The van der Waals surface area contributed by atoms with Crippen LogP contribution >= 0.6 is 0 Å². The van der Waals surface area contributed by atoms with Gasteiger partial charge in [0.1, 0.15) is 0 Å². The van der Waals surface area contributed by atoms with Gasteiger partial charge in [0.2, 0.25) is 0 Å². The Morgan fingerprint density at radius 2 is 2.04 bits per heavy atom. The standard InChI is InChI=1S/C20H34O3/c1-14(10-13-21)6-8-16-15(2)7-9-17-19(3,4)11-5-12-20(16,17)18(22)23/h7,14,16-17,21H,5-6,8-13H2,1-4H3,(H,22,23)/t14-,16-,17-,20-/m0/s1. The Kier molecular flexibility index (Phi) is 5.60. The van der Waals surface area contributed by atoms with Crippen LogP contribution in [0.25, 0.3) is 0 Å². The highest BCUT2D eigenvalue weighted by Crippen LogP contribution is 2.61. The Morgan fingerprint density at radius 3 is 2.65 bits per heavy atom. The second-order valence-electron chi connectivity index (χ2n) is 8.67. The lowest BCUT2D eigenvalue weighted by Crippen LogP contribution is -2.54. The van der Waals surface area contributed by atoms with Crippen molar-refractivity contribution in [3.05, 3.63) is 11.6 Å². The fourth-order valence-electron chi connectivity index (χ4n) is 5.39. The first-order valence-corrected chi connectivity index (χ1v) is 9.26. The minimum Gasteiger partial charge on any atom is -0.481 e. The molecule has 0 unspecified atom stereocenters. The molecule has 2 N–H and O–H groups in total. The molecule has 4 atom stereocenters. The van der Waals surface area contributed by atoms with Gasteiger partial charge in [0.15, 0.2) is 0 Å². The summed E-state index contributed by atoms with van der Waals surface area (Å²) in [5.74, 6) is 0.265. The van der Waals surface area contributed by atoms with E-state index >= 15 is 0 Å². The molecule has 2 aliphatic carbocycles. The summed E-state index contributed by atoms with van der Waals surface area (Å²) in [4.78, 5) is 12.5. The van der Waals surface area contributed by atoms with Crippen LogP contribution in [0, 0.1) is 28.6 Å². The number of carbonyl (C=O) groups is 1. The van der Waals surface area contributed by atoms with E-state index in [1.54, 1.807) is 0 Å². The average Bonchev–Trinajstić information content (AvgIpc) is 2.45. The summed E-state index contributed by atoms with van der Waals surface area (Å²) in [6, 6.07) is 0. The fourth-order valence-corrected chi connectivity index (χ4v) is 5.39. The van der Waals surface area contributed by atoms with Crippen LogP contribution in [0.4, 0.5) is 0 Å². The summed E-state index contributed by atoms with van der Waals surface area (Å²) in [6.45, 7) is 9.03. The number of allylic oxidation sites excluding steroid dienone is 2. The largest absolute Gasteiger partial charge is 0.481 e. The lowest BCUT2D eigenvalue weighted by atomic mass is 9.47. The molecule has 2 rings (SSSR count). The van der Waals surface area contributed by atoms with E-state index in [0.29, 0.717) is 5.92 Å². The summed E-state index contributed by atoms with van der Waals surface area (Å²) in [5, 5.41) is 19.4. The van der Waals surface area contributed by atoms with Crippen molar-refractivity contribution < 1.29 is 15.0 Å². The molecule has 0 saturated heterocycles. The maximum atomic E-state index is 12.5. The van der Waals surface area contributed by atoms with Gasteiger partial charge in [0, 0.05) is 6.61 Å². The minimum atomic E-state index is -0.584. The lowest BCUT2D eigenvalue weighted by molar-refractivity contribution is -0.168. The molecule has 3 nitrogen and oxygen atoms in total. The first kappa shape index (κ1) is 18.5. The summed E-state index contributed by atoms with van der Waals surface area (Å²) >= 11 is 0. The van der Waals surface area contributed by atoms with Gasteiger partial charge in [-0.3, -0.25) is 4.79 Å². The number of carboxylic acids is 1. The van der Waals surface area contributed by atoms with Gasteiger partial charge in [-0.2, -0.15) is 0 Å². The third-order valence-electron chi connectivity index (χ3n) is 6.79. The van der Waals surface area contributed by atoms with Crippen molar-refractivity contribution in [3.8, 4) is 0 Å². The van der Waals surface area contributed by atoms with Gasteiger partial charge in [0.25, 0.3) is 0 Å². The predicted octanol–water partition coefficient (Wildman–Crippen LogP) is 4.65. The van der Waals surface area contributed by atoms with Crippen LogP contribution < -0.4 is 0 Å². The van der Waals surface area contributed by atoms with Crippen LogP contribution in [0.2, 0.25) is 0 Å². The number of rotatable bonds is 6. The van der Waals surface area contributed by atoms with E-state index in [1.807, 2.05) is 0 Å². The Morgan fingerprint density at radius 1 is 1.35 bits per heavy atom. The highest BCUT2D eigenvalue weighted by atomic mass is 16.4. The third kappa shape index (κ3) is 3.35. The number of hydrogen-bond acceptors (Lipinski definition) is 2. The number of aliphatic hydroxyl groups excluding tert-OH is 1. The number of hydrogen-bond donors (Lipinski definition) is 2. The molecule has 0 bridgehead atoms. The first-order chi connectivity index (χ1) is 10.8. The lowest BCUT2D eigenvalue weighted by Gasteiger charge is -2.56. The van der Waals surface area contributed by atoms with Crippen molar-refractivity contribution in [1.29, 1.82) is 0 Å². The third-order valence-corrected chi connectivity index (χ3v) is 6.79. The summed E-state index contributed by atoms with van der Waals surface area (Å²) in [6.07, 6.45) is 8.93. The highest BCUT2D eigenvalue weighted by molar-refractivity contribution is 5.77. The Hall–Kier alpha value is -0.830. The second kappa shape index (κ2) is 6.96. The van der Waals surface area contributed by atoms with E-state index in [4.69, 9.17) is 5.11 Å². The molecule has 23 heavy (non-hydrogen) atoms. The molecular weight excluding hydrogens is 288 g/mol. The Balaban J connectivity index is 2.31. The van der Waals surface area contributed by atoms with Gasteiger partial charge in [0.05, 0.1) is 5.41 Å². The number of carboxylic acid groups (broad SMARTS) is 1. The normalized spacial score (nSPS) is 34.4. The number of aliphatic hydroxyl groups is 1. The van der Waals surface area contributed by atoms with Crippen molar-refractivity contribution in [2.24, 2.45) is 28.6 Å². The maximum absolute atomic E-state index is 12.5. The molecule has 0 aromatic rings. The van der Waals surface area contributed by atoms with E-state index in [0.717, 1.165) is 44.9 Å². The monoisotopic (exact) mass is 322 g/mol. The summed E-state index contributed by atoms with van der Waals surface area (Å²) in [7, 11) is 0.